The minimum absolute atomic E-state index is 0.706. The quantitative estimate of drug-likeness (QED) is 0.637. The minimum Gasteiger partial charge on any atom is -0.383 e. The van der Waals surface area contributed by atoms with Gasteiger partial charge in [-0.3, -0.25) is 0 Å². The van der Waals surface area contributed by atoms with E-state index in [4.69, 9.17) is 21.1 Å². The fourth-order valence-electron chi connectivity index (χ4n) is 2.17. The minimum atomic E-state index is 0.706. The topological polar surface area (TPSA) is 33.7 Å². The van der Waals surface area contributed by atoms with E-state index in [1.54, 1.807) is 7.11 Å². The van der Waals surface area contributed by atoms with Gasteiger partial charge in [-0.05, 0) is 37.6 Å². The summed E-state index contributed by atoms with van der Waals surface area (Å²) in [5.41, 5.74) is 2.42. The third kappa shape index (κ3) is 6.66. The number of rotatable bonds is 11. The van der Waals surface area contributed by atoms with E-state index in [-0.39, 0.29) is 0 Å². The standard InChI is InChI=1S/C16H27ClN2O2/c1-4-19(9-11-21-5-2)16-7-6-15(17)12-14(16)13-18-8-10-20-3/h6-7,12,18H,4-5,8-11,13H2,1-3H3. The smallest absolute Gasteiger partial charge is 0.0641 e. The molecule has 0 aliphatic heterocycles. The van der Waals surface area contributed by atoms with E-state index in [1.165, 1.54) is 11.3 Å². The van der Waals surface area contributed by atoms with Gasteiger partial charge in [-0.1, -0.05) is 11.6 Å². The monoisotopic (exact) mass is 314 g/mol. The number of hydrogen-bond donors (Lipinski definition) is 1. The second kappa shape index (κ2) is 10.9. The summed E-state index contributed by atoms with van der Waals surface area (Å²) in [6.45, 7) is 9.81. The summed E-state index contributed by atoms with van der Waals surface area (Å²) in [7, 11) is 1.71. The van der Waals surface area contributed by atoms with Crippen molar-refractivity contribution in [3.63, 3.8) is 0 Å². The molecule has 0 unspecified atom stereocenters. The van der Waals surface area contributed by atoms with Crippen molar-refractivity contribution in [2.45, 2.75) is 20.4 Å². The zero-order valence-electron chi connectivity index (χ0n) is 13.3. The SMILES string of the molecule is CCOCCN(CC)c1ccc(Cl)cc1CNCCOC. The molecule has 0 bridgehead atoms. The average Bonchev–Trinajstić information content (AvgIpc) is 2.49. The van der Waals surface area contributed by atoms with Crippen molar-refractivity contribution in [2.75, 3.05) is 51.5 Å². The lowest BCUT2D eigenvalue weighted by Crippen LogP contribution is -2.29. The molecule has 5 heteroatoms. The van der Waals surface area contributed by atoms with Crippen molar-refractivity contribution >= 4 is 17.3 Å². The Morgan fingerprint density at radius 3 is 2.71 bits per heavy atom. The van der Waals surface area contributed by atoms with Crippen LogP contribution < -0.4 is 10.2 Å². The summed E-state index contributed by atoms with van der Waals surface area (Å²) in [6.07, 6.45) is 0. The molecule has 0 heterocycles. The number of hydrogen-bond acceptors (Lipinski definition) is 4. The third-order valence-electron chi connectivity index (χ3n) is 3.27. The summed E-state index contributed by atoms with van der Waals surface area (Å²) < 4.78 is 10.5. The van der Waals surface area contributed by atoms with Gasteiger partial charge in [0.25, 0.3) is 0 Å². The van der Waals surface area contributed by atoms with Crippen molar-refractivity contribution in [1.82, 2.24) is 5.32 Å². The predicted octanol–water partition coefficient (Wildman–Crippen LogP) is 2.94. The molecule has 0 aliphatic rings. The van der Waals surface area contributed by atoms with Crippen molar-refractivity contribution in [2.24, 2.45) is 0 Å². The van der Waals surface area contributed by atoms with E-state index in [1.807, 2.05) is 19.1 Å². The number of nitrogens with zero attached hydrogens (tertiary/aromatic N) is 1. The number of ether oxygens (including phenoxy) is 2. The normalized spacial score (nSPS) is 10.9. The Morgan fingerprint density at radius 2 is 2.05 bits per heavy atom. The molecule has 1 aromatic carbocycles. The van der Waals surface area contributed by atoms with E-state index < -0.39 is 0 Å². The van der Waals surface area contributed by atoms with Crippen molar-refractivity contribution in [1.29, 1.82) is 0 Å². The fraction of sp³-hybridized carbons (Fsp3) is 0.625. The second-order valence-corrected chi connectivity index (χ2v) is 5.16. The van der Waals surface area contributed by atoms with Crippen LogP contribution in [0.15, 0.2) is 18.2 Å². The van der Waals surface area contributed by atoms with Gasteiger partial charge in [0.2, 0.25) is 0 Å². The van der Waals surface area contributed by atoms with Gasteiger partial charge < -0.3 is 19.7 Å². The molecule has 0 fully saturated rings. The summed E-state index contributed by atoms with van der Waals surface area (Å²) in [5.74, 6) is 0. The fourth-order valence-corrected chi connectivity index (χ4v) is 2.36. The van der Waals surface area contributed by atoms with Crippen LogP contribution in [-0.4, -0.2) is 46.6 Å². The highest BCUT2D eigenvalue weighted by atomic mass is 35.5. The Kier molecular flexibility index (Phi) is 9.42. The number of anilines is 1. The van der Waals surface area contributed by atoms with Gasteiger partial charge in [-0.25, -0.2) is 0 Å². The maximum Gasteiger partial charge on any atom is 0.0641 e. The summed E-state index contributed by atoms with van der Waals surface area (Å²) in [6, 6.07) is 6.06. The van der Waals surface area contributed by atoms with Crippen LogP contribution in [0, 0.1) is 0 Å². The molecule has 0 aromatic heterocycles. The summed E-state index contributed by atoms with van der Waals surface area (Å²) >= 11 is 6.14. The number of likely N-dealkylation sites (N-methyl/N-ethyl adjacent to an activating group) is 1. The second-order valence-electron chi connectivity index (χ2n) is 4.72. The Balaban J connectivity index is 2.72. The van der Waals surface area contributed by atoms with Crippen molar-refractivity contribution in [3.8, 4) is 0 Å². The van der Waals surface area contributed by atoms with Gasteiger partial charge >= 0.3 is 0 Å². The molecule has 0 radical (unpaired) electrons. The molecule has 120 valence electrons. The van der Waals surface area contributed by atoms with Gasteiger partial charge in [0.1, 0.15) is 0 Å². The molecule has 0 aliphatic carbocycles. The molecule has 1 N–H and O–H groups in total. The van der Waals surface area contributed by atoms with Gasteiger partial charge in [-0.15, -0.1) is 0 Å². The molecule has 1 aromatic rings. The summed E-state index contributed by atoms with van der Waals surface area (Å²) in [4.78, 5) is 2.32. The number of benzene rings is 1. The lowest BCUT2D eigenvalue weighted by Gasteiger charge is -2.26. The van der Waals surface area contributed by atoms with Crippen LogP contribution in [-0.2, 0) is 16.0 Å². The Labute approximate surface area is 133 Å². The van der Waals surface area contributed by atoms with E-state index in [0.29, 0.717) is 6.61 Å². The van der Waals surface area contributed by atoms with Crippen LogP contribution >= 0.6 is 11.6 Å². The van der Waals surface area contributed by atoms with Gasteiger partial charge in [0.05, 0.1) is 13.2 Å². The first kappa shape index (κ1) is 18.2. The lowest BCUT2D eigenvalue weighted by atomic mass is 10.1. The largest absolute Gasteiger partial charge is 0.383 e. The highest BCUT2D eigenvalue weighted by Crippen LogP contribution is 2.24. The predicted molar refractivity (Wildman–Crippen MR) is 89.4 cm³/mol. The van der Waals surface area contributed by atoms with Crippen LogP contribution in [0.25, 0.3) is 0 Å². The first-order chi connectivity index (χ1) is 10.2. The van der Waals surface area contributed by atoms with Gasteiger partial charge in [-0.2, -0.15) is 0 Å². The van der Waals surface area contributed by atoms with E-state index >= 15 is 0 Å². The Hall–Kier alpha value is -0.810. The Morgan fingerprint density at radius 1 is 1.24 bits per heavy atom. The van der Waals surface area contributed by atoms with Crippen molar-refractivity contribution < 1.29 is 9.47 Å². The maximum absolute atomic E-state index is 6.14. The highest BCUT2D eigenvalue weighted by Gasteiger charge is 2.10. The lowest BCUT2D eigenvalue weighted by molar-refractivity contribution is 0.154. The average molecular weight is 315 g/mol. The van der Waals surface area contributed by atoms with Crippen LogP contribution in [0.5, 0.6) is 0 Å². The molecule has 0 saturated carbocycles. The van der Waals surface area contributed by atoms with Crippen molar-refractivity contribution in [3.05, 3.63) is 28.8 Å². The van der Waals surface area contributed by atoms with E-state index in [0.717, 1.165) is 44.4 Å². The molecule has 21 heavy (non-hydrogen) atoms. The van der Waals surface area contributed by atoms with Crippen LogP contribution in [0.4, 0.5) is 5.69 Å². The van der Waals surface area contributed by atoms with Crippen LogP contribution in [0.1, 0.15) is 19.4 Å². The molecule has 0 saturated heterocycles. The van der Waals surface area contributed by atoms with Crippen LogP contribution in [0.3, 0.4) is 0 Å². The van der Waals surface area contributed by atoms with E-state index in [2.05, 4.69) is 23.2 Å². The number of nitrogens with one attached hydrogen (secondary N) is 1. The molecule has 4 nitrogen and oxygen atoms in total. The first-order valence-electron chi connectivity index (χ1n) is 7.53. The molecule has 0 atom stereocenters. The molecule has 0 amide bonds. The molecule has 1 rings (SSSR count). The third-order valence-corrected chi connectivity index (χ3v) is 3.51. The highest BCUT2D eigenvalue weighted by molar-refractivity contribution is 6.30. The molecular weight excluding hydrogens is 288 g/mol. The van der Waals surface area contributed by atoms with E-state index in [9.17, 15) is 0 Å². The first-order valence-corrected chi connectivity index (χ1v) is 7.91. The number of halogens is 1. The molecular formula is C16H27ClN2O2. The van der Waals surface area contributed by atoms with Gasteiger partial charge in [0, 0.05) is 50.6 Å². The summed E-state index contributed by atoms with van der Waals surface area (Å²) in [5, 5.41) is 4.14. The number of methoxy groups -OCH3 is 1. The Bertz CT molecular complexity index is 402. The molecule has 0 spiro atoms. The van der Waals surface area contributed by atoms with Crippen LogP contribution in [0.2, 0.25) is 5.02 Å². The van der Waals surface area contributed by atoms with Gasteiger partial charge in [0.15, 0.2) is 0 Å². The zero-order valence-corrected chi connectivity index (χ0v) is 14.1. The maximum atomic E-state index is 6.14. The zero-order chi connectivity index (χ0) is 15.5.